The average molecular weight is 563 g/mol. The van der Waals surface area contributed by atoms with Gasteiger partial charge in [-0.1, -0.05) is 12.1 Å². The van der Waals surface area contributed by atoms with Crippen LogP contribution in [0.1, 0.15) is 27.2 Å². The van der Waals surface area contributed by atoms with Crippen molar-refractivity contribution in [2.24, 2.45) is 5.10 Å². The molecule has 10 nitrogen and oxygen atoms in total. The highest BCUT2D eigenvalue weighted by molar-refractivity contribution is 14.1. The molecular formula is C22H18IN3O7. The van der Waals surface area contributed by atoms with Crippen molar-refractivity contribution < 1.29 is 28.4 Å². The molecular weight excluding hydrogens is 545 g/mol. The summed E-state index contributed by atoms with van der Waals surface area (Å²) in [5, 5.41) is 14.5. The van der Waals surface area contributed by atoms with Gasteiger partial charge in [0.1, 0.15) is 16.4 Å². The van der Waals surface area contributed by atoms with E-state index >= 15 is 0 Å². The Balaban J connectivity index is 1.54. The van der Waals surface area contributed by atoms with Gasteiger partial charge in [0.25, 0.3) is 5.91 Å². The lowest BCUT2D eigenvalue weighted by atomic mass is 10.1. The van der Waals surface area contributed by atoms with Crippen LogP contribution in [0.5, 0.6) is 11.5 Å². The largest absolute Gasteiger partial charge is 0.483 e. The summed E-state index contributed by atoms with van der Waals surface area (Å²) >= 11 is 2.22. The van der Waals surface area contributed by atoms with Gasteiger partial charge in [-0.2, -0.15) is 5.10 Å². The minimum absolute atomic E-state index is 0.169. The summed E-state index contributed by atoms with van der Waals surface area (Å²) in [4.78, 5) is 34.0. The van der Waals surface area contributed by atoms with Crippen molar-refractivity contribution in [1.82, 2.24) is 5.43 Å². The Kier molecular flexibility index (Phi) is 7.77. The molecule has 0 spiro atoms. The van der Waals surface area contributed by atoms with Crippen LogP contribution in [0.25, 0.3) is 0 Å². The Bertz CT molecular complexity index is 1210. The SMILES string of the molecule is Cc1cc(I)cc(C)c1OCC(=O)N/N=C/c1cccc(OC(=O)c2ccc([N+](=O)[O-])o2)c1. The Morgan fingerprint density at radius 3 is 2.58 bits per heavy atom. The van der Waals surface area contributed by atoms with Crippen LogP contribution < -0.4 is 14.9 Å². The molecule has 3 aromatic rings. The third-order valence-corrected chi connectivity index (χ3v) is 4.84. The van der Waals surface area contributed by atoms with E-state index in [0.29, 0.717) is 11.3 Å². The number of hydrogen-bond donors (Lipinski definition) is 1. The molecule has 1 N–H and O–H groups in total. The molecule has 0 unspecified atom stereocenters. The maximum Gasteiger partial charge on any atom is 0.433 e. The van der Waals surface area contributed by atoms with Gasteiger partial charge in [0, 0.05) is 3.57 Å². The van der Waals surface area contributed by atoms with Crippen molar-refractivity contribution in [2.75, 3.05) is 6.61 Å². The highest BCUT2D eigenvalue weighted by atomic mass is 127. The van der Waals surface area contributed by atoms with E-state index in [0.717, 1.165) is 26.8 Å². The number of hydrazone groups is 1. The molecule has 0 aliphatic rings. The predicted octanol–water partition coefficient (Wildman–Crippen LogP) is 4.16. The van der Waals surface area contributed by atoms with E-state index in [-0.39, 0.29) is 18.1 Å². The maximum absolute atomic E-state index is 12.1. The Morgan fingerprint density at radius 1 is 1.18 bits per heavy atom. The highest BCUT2D eigenvalue weighted by Gasteiger charge is 2.19. The number of nitrogens with zero attached hydrogens (tertiary/aromatic N) is 2. The van der Waals surface area contributed by atoms with Crippen LogP contribution in [0, 0.1) is 27.5 Å². The molecule has 1 amide bonds. The number of halogens is 1. The van der Waals surface area contributed by atoms with Gasteiger partial charge in [0.05, 0.1) is 12.3 Å². The number of ether oxygens (including phenoxy) is 2. The van der Waals surface area contributed by atoms with Crippen molar-refractivity contribution in [1.29, 1.82) is 0 Å². The number of carbonyl (C=O) groups is 2. The van der Waals surface area contributed by atoms with Gasteiger partial charge in [-0.15, -0.1) is 0 Å². The second-order valence-electron chi connectivity index (χ2n) is 6.81. The first-order chi connectivity index (χ1) is 15.7. The van der Waals surface area contributed by atoms with Crippen LogP contribution in [0.4, 0.5) is 5.88 Å². The molecule has 3 rings (SSSR count). The predicted molar refractivity (Wildman–Crippen MR) is 127 cm³/mol. The first-order valence-electron chi connectivity index (χ1n) is 9.51. The van der Waals surface area contributed by atoms with E-state index in [1.807, 2.05) is 26.0 Å². The zero-order valence-electron chi connectivity index (χ0n) is 17.5. The van der Waals surface area contributed by atoms with Gasteiger partial charge < -0.3 is 13.9 Å². The second-order valence-corrected chi connectivity index (χ2v) is 8.05. The molecule has 170 valence electrons. The summed E-state index contributed by atoms with van der Waals surface area (Å²) in [6.45, 7) is 3.62. The third-order valence-electron chi connectivity index (χ3n) is 4.22. The molecule has 0 atom stereocenters. The summed E-state index contributed by atoms with van der Waals surface area (Å²) < 4.78 is 16.7. The highest BCUT2D eigenvalue weighted by Crippen LogP contribution is 2.25. The Labute approximate surface area is 201 Å². The number of benzene rings is 2. The van der Waals surface area contributed by atoms with E-state index in [4.69, 9.17) is 13.9 Å². The topological polar surface area (TPSA) is 133 Å². The fourth-order valence-electron chi connectivity index (χ4n) is 2.83. The number of amides is 1. The number of furan rings is 1. The monoisotopic (exact) mass is 563 g/mol. The van der Waals surface area contributed by atoms with Gasteiger partial charge in [0.15, 0.2) is 6.61 Å². The Morgan fingerprint density at radius 2 is 1.91 bits per heavy atom. The lowest BCUT2D eigenvalue weighted by molar-refractivity contribution is -0.402. The summed E-state index contributed by atoms with van der Waals surface area (Å²) in [7, 11) is 0. The van der Waals surface area contributed by atoms with Crippen molar-refractivity contribution in [3.63, 3.8) is 0 Å². The fourth-order valence-corrected chi connectivity index (χ4v) is 3.76. The van der Waals surface area contributed by atoms with E-state index in [1.54, 1.807) is 12.1 Å². The standard InChI is InChI=1S/C22H18IN3O7/c1-13-8-16(23)9-14(2)21(13)31-12-19(27)25-24-11-15-4-3-5-17(10-15)32-22(28)18-6-7-20(33-18)26(29)30/h3-11H,12H2,1-2H3,(H,25,27)/b24-11+. The van der Waals surface area contributed by atoms with E-state index in [1.165, 1.54) is 18.3 Å². The van der Waals surface area contributed by atoms with Crippen LogP contribution in [-0.2, 0) is 4.79 Å². The zero-order chi connectivity index (χ0) is 24.0. The van der Waals surface area contributed by atoms with Crippen molar-refractivity contribution in [2.45, 2.75) is 13.8 Å². The van der Waals surface area contributed by atoms with Gasteiger partial charge in [-0.05, 0) is 83.5 Å². The maximum atomic E-state index is 12.1. The summed E-state index contributed by atoms with van der Waals surface area (Å²) in [6.07, 6.45) is 1.37. The van der Waals surface area contributed by atoms with Crippen molar-refractivity contribution >= 4 is 46.6 Å². The molecule has 0 saturated heterocycles. The molecule has 11 heteroatoms. The first-order valence-corrected chi connectivity index (χ1v) is 10.6. The summed E-state index contributed by atoms with van der Waals surface area (Å²) in [5.74, 6) is -1.36. The van der Waals surface area contributed by atoms with E-state index in [9.17, 15) is 19.7 Å². The van der Waals surface area contributed by atoms with Gasteiger partial charge in [-0.25, -0.2) is 10.2 Å². The van der Waals surface area contributed by atoms with E-state index in [2.05, 4.69) is 33.1 Å². The smallest absolute Gasteiger partial charge is 0.433 e. The van der Waals surface area contributed by atoms with Crippen LogP contribution in [0.3, 0.4) is 0 Å². The number of rotatable bonds is 8. The van der Waals surface area contributed by atoms with Crippen LogP contribution in [-0.4, -0.2) is 29.6 Å². The summed E-state index contributed by atoms with van der Waals surface area (Å²) in [6, 6.07) is 12.5. The molecule has 0 aliphatic heterocycles. The van der Waals surface area contributed by atoms with Crippen LogP contribution in [0.15, 0.2) is 58.0 Å². The number of carbonyl (C=O) groups excluding carboxylic acids is 2. The van der Waals surface area contributed by atoms with E-state index < -0.39 is 22.7 Å². The van der Waals surface area contributed by atoms with Gasteiger partial charge in [0.2, 0.25) is 5.76 Å². The molecule has 0 saturated carbocycles. The third kappa shape index (κ3) is 6.62. The zero-order valence-corrected chi connectivity index (χ0v) is 19.7. The molecule has 0 bridgehead atoms. The van der Waals surface area contributed by atoms with Crippen LogP contribution >= 0.6 is 22.6 Å². The quantitative estimate of drug-likeness (QED) is 0.109. The molecule has 0 aliphatic carbocycles. The van der Waals surface area contributed by atoms with Crippen molar-refractivity contribution in [3.05, 3.63) is 84.7 Å². The number of esters is 1. The number of hydrogen-bond acceptors (Lipinski definition) is 8. The number of nitro groups is 1. The lowest BCUT2D eigenvalue weighted by Crippen LogP contribution is -2.25. The van der Waals surface area contributed by atoms with Gasteiger partial charge >= 0.3 is 11.9 Å². The normalized spacial score (nSPS) is 10.8. The molecule has 0 fully saturated rings. The molecule has 2 aromatic carbocycles. The van der Waals surface area contributed by atoms with Gasteiger partial charge in [-0.3, -0.25) is 14.9 Å². The first kappa shape index (κ1) is 23.9. The summed E-state index contributed by atoms with van der Waals surface area (Å²) in [5.41, 5.74) is 4.78. The average Bonchev–Trinajstić information content (AvgIpc) is 3.24. The minimum Gasteiger partial charge on any atom is -0.483 e. The second kappa shape index (κ2) is 10.7. The molecule has 0 radical (unpaired) electrons. The Hall–Kier alpha value is -3.74. The molecule has 1 aromatic heterocycles. The fraction of sp³-hybridized carbons (Fsp3) is 0.136. The minimum atomic E-state index is -0.885. The number of aryl methyl sites for hydroxylation is 2. The molecule has 33 heavy (non-hydrogen) atoms. The van der Waals surface area contributed by atoms with Crippen LogP contribution in [0.2, 0.25) is 0 Å². The van der Waals surface area contributed by atoms with Crippen molar-refractivity contribution in [3.8, 4) is 11.5 Å². The lowest BCUT2D eigenvalue weighted by Gasteiger charge is -2.11. The molecule has 1 heterocycles. The number of nitrogens with one attached hydrogen (secondary N) is 1.